The molecule has 4 nitrogen and oxygen atoms in total. The first kappa shape index (κ1) is 12.9. The van der Waals surface area contributed by atoms with Crippen LogP contribution in [-0.2, 0) is 10.0 Å². The zero-order chi connectivity index (χ0) is 10.5. The summed E-state index contributed by atoms with van der Waals surface area (Å²) < 4.78 is 21.3. The molecule has 0 aliphatic rings. The van der Waals surface area contributed by atoms with Crippen LogP contribution in [0.3, 0.4) is 0 Å². The topological polar surface area (TPSA) is 72.2 Å². The highest BCUT2D eigenvalue weighted by Gasteiger charge is 2.18. The van der Waals surface area contributed by atoms with Crippen molar-refractivity contribution in [3.05, 3.63) is 0 Å². The van der Waals surface area contributed by atoms with Crippen LogP contribution < -0.4 is 10.5 Å². The number of nitrogens with two attached hydrogens (primary N) is 1. The van der Waals surface area contributed by atoms with Gasteiger partial charge in [-0.3, -0.25) is 0 Å². The van der Waals surface area contributed by atoms with Crippen molar-refractivity contribution >= 4 is 10.0 Å². The van der Waals surface area contributed by atoms with E-state index in [1.807, 2.05) is 0 Å². The van der Waals surface area contributed by atoms with Gasteiger partial charge in [0.05, 0.1) is 5.75 Å². The smallest absolute Gasteiger partial charge is 0.210 e. The summed E-state index contributed by atoms with van der Waals surface area (Å²) in [5.41, 5.74) is 0.0324. The molecule has 0 saturated heterocycles. The predicted octanol–water partition coefficient (Wildman–Crippen LogP) is 0.443. The summed E-state index contributed by atoms with van der Waals surface area (Å²) in [6.45, 7) is 6.66. The summed E-state index contributed by atoms with van der Waals surface area (Å²) in [5, 5.41) is 8.07. The number of hydrogen-bond acceptors (Lipinski definition) is 3. The van der Waals surface area contributed by atoms with E-state index in [-0.39, 0.29) is 11.3 Å². The Morgan fingerprint density at radius 2 is 1.77 bits per heavy atom. The molecule has 0 fully saturated rings. The SMILES string of the molecule is CCC(C)(CC)NCCS(N)(=O)=O. The Balaban J connectivity index is 3.88. The largest absolute Gasteiger partial charge is 0.310 e. The highest BCUT2D eigenvalue weighted by molar-refractivity contribution is 7.89. The van der Waals surface area contributed by atoms with Gasteiger partial charge in [-0.1, -0.05) is 13.8 Å². The molecule has 13 heavy (non-hydrogen) atoms. The first-order valence-corrected chi connectivity index (χ1v) is 6.30. The Morgan fingerprint density at radius 1 is 1.31 bits per heavy atom. The van der Waals surface area contributed by atoms with Crippen LogP contribution in [0.2, 0.25) is 0 Å². The van der Waals surface area contributed by atoms with Gasteiger partial charge in [-0.15, -0.1) is 0 Å². The van der Waals surface area contributed by atoms with E-state index in [9.17, 15) is 8.42 Å². The second-order valence-electron chi connectivity index (χ2n) is 3.56. The van der Waals surface area contributed by atoms with Gasteiger partial charge in [-0.05, 0) is 19.8 Å². The lowest BCUT2D eigenvalue weighted by molar-refractivity contribution is 0.340. The summed E-state index contributed by atoms with van der Waals surface area (Å²) in [5.74, 6) is 0.00257. The van der Waals surface area contributed by atoms with Crippen molar-refractivity contribution in [3.8, 4) is 0 Å². The fourth-order valence-electron chi connectivity index (χ4n) is 0.995. The van der Waals surface area contributed by atoms with Crippen molar-refractivity contribution in [2.24, 2.45) is 5.14 Å². The number of hydrogen-bond donors (Lipinski definition) is 2. The molecule has 0 aromatic carbocycles. The molecule has 0 aliphatic carbocycles. The minimum atomic E-state index is -3.33. The lowest BCUT2D eigenvalue weighted by atomic mass is 9.96. The second-order valence-corrected chi connectivity index (χ2v) is 5.30. The predicted molar refractivity (Wildman–Crippen MR) is 55.0 cm³/mol. The minimum absolute atomic E-state index is 0.00257. The van der Waals surface area contributed by atoms with Gasteiger partial charge in [0.2, 0.25) is 10.0 Å². The quantitative estimate of drug-likeness (QED) is 0.665. The average molecular weight is 208 g/mol. The maximum atomic E-state index is 10.6. The van der Waals surface area contributed by atoms with Crippen LogP contribution in [-0.4, -0.2) is 26.3 Å². The number of primary sulfonamides is 1. The summed E-state index contributed by atoms with van der Waals surface area (Å²) >= 11 is 0. The maximum absolute atomic E-state index is 10.6. The fourth-order valence-corrected chi connectivity index (χ4v) is 1.38. The van der Waals surface area contributed by atoms with Crippen LogP contribution in [0.4, 0.5) is 0 Å². The Morgan fingerprint density at radius 3 is 2.08 bits per heavy atom. The number of sulfonamides is 1. The lowest BCUT2D eigenvalue weighted by Crippen LogP contribution is -2.43. The molecule has 3 N–H and O–H groups in total. The third-order valence-electron chi connectivity index (χ3n) is 2.50. The molecule has 0 aliphatic heterocycles. The summed E-state index contributed by atoms with van der Waals surface area (Å²) in [6.07, 6.45) is 1.96. The summed E-state index contributed by atoms with van der Waals surface area (Å²) in [4.78, 5) is 0. The molecule has 0 bridgehead atoms. The third-order valence-corrected chi connectivity index (χ3v) is 3.27. The third kappa shape index (κ3) is 6.01. The van der Waals surface area contributed by atoms with E-state index >= 15 is 0 Å². The highest BCUT2D eigenvalue weighted by Crippen LogP contribution is 2.12. The molecule has 0 radical (unpaired) electrons. The van der Waals surface area contributed by atoms with E-state index in [0.29, 0.717) is 6.54 Å². The van der Waals surface area contributed by atoms with E-state index in [2.05, 4.69) is 26.1 Å². The van der Waals surface area contributed by atoms with Crippen molar-refractivity contribution in [1.82, 2.24) is 5.32 Å². The Kier molecular flexibility index (Phi) is 4.88. The van der Waals surface area contributed by atoms with Gasteiger partial charge < -0.3 is 5.32 Å². The molecule has 0 aromatic rings. The molecular weight excluding hydrogens is 188 g/mol. The maximum Gasteiger partial charge on any atom is 0.210 e. The van der Waals surface area contributed by atoms with Crippen LogP contribution in [0.1, 0.15) is 33.6 Å². The van der Waals surface area contributed by atoms with E-state index in [1.165, 1.54) is 0 Å². The van der Waals surface area contributed by atoms with Crippen molar-refractivity contribution in [3.63, 3.8) is 0 Å². The fraction of sp³-hybridized carbons (Fsp3) is 1.00. The standard InChI is InChI=1S/C8H20N2O2S/c1-4-8(3,5-2)10-6-7-13(9,11)12/h10H,4-7H2,1-3H3,(H2,9,11,12). The lowest BCUT2D eigenvalue weighted by Gasteiger charge is -2.28. The molecule has 0 saturated carbocycles. The zero-order valence-corrected chi connectivity index (χ0v) is 9.45. The van der Waals surface area contributed by atoms with Gasteiger partial charge >= 0.3 is 0 Å². The van der Waals surface area contributed by atoms with E-state index in [4.69, 9.17) is 5.14 Å². The molecule has 0 rings (SSSR count). The molecule has 80 valence electrons. The van der Waals surface area contributed by atoms with Crippen LogP contribution in [0, 0.1) is 0 Å². The normalized spacial score (nSPS) is 13.2. The second kappa shape index (κ2) is 4.93. The molecule has 0 heterocycles. The number of nitrogens with one attached hydrogen (secondary N) is 1. The van der Waals surface area contributed by atoms with Gasteiger partial charge in [-0.25, -0.2) is 13.6 Å². The summed E-state index contributed by atoms with van der Waals surface area (Å²) in [6, 6.07) is 0. The number of rotatable bonds is 6. The van der Waals surface area contributed by atoms with Gasteiger partial charge in [0, 0.05) is 12.1 Å². The molecule has 0 amide bonds. The monoisotopic (exact) mass is 208 g/mol. The van der Waals surface area contributed by atoms with Crippen molar-refractivity contribution in [2.45, 2.75) is 39.2 Å². The average Bonchev–Trinajstić information content (AvgIpc) is 2.02. The van der Waals surface area contributed by atoms with Gasteiger partial charge in [0.1, 0.15) is 0 Å². The van der Waals surface area contributed by atoms with E-state index < -0.39 is 10.0 Å². The Labute approximate surface area is 80.9 Å². The minimum Gasteiger partial charge on any atom is -0.310 e. The van der Waals surface area contributed by atoms with Crippen LogP contribution in [0.25, 0.3) is 0 Å². The van der Waals surface area contributed by atoms with Crippen LogP contribution in [0.5, 0.6) is 0 Å². The van der Waals surface area contributed by atoms with E-state index in [0.717, 1.165) is 12.8 Å². The molecule has 5 heteroatoms. The zero-order valence-electron chi connectivity index (χ0n) is 8.63. The first-order valence-electron chi connectivity index (χ1n) is 4.58. The molecular formula is C8H20N2O2S. The first-order chi connectivity index (χ1) is 5.83. The Bertz CT molecular complexity index is 233. The van der Waals surface area contributed by atoms with Crippen molar-refractivity contribution in [2.75, 3.05) is 12.3 Å². The molecule has 0 spiro atoms. The van der Waals surface area contributed by atoms with E-state index in [1.54, 1.807) is 0 Å². The van der Waals surface area contributed by atoms with Crippen LogP contribution >= 0.6 is 0 Å². The van der Waals surface area contributed by atoms with Crippen molar-refractivity contribution in [1.29, 1.82) is 0 Å². The van der Waals surface area contributed by atoms with Crippen molar-refractivity contribution < 1.29 is 8.42 Å². The molecule has 0 aromatic heterocycles. The van der Waals surface area contributed by atoms with Crippen LogP contribution in [0.15, 0.2) is 0 Å². The van der Waals surface area contributed by atoms with Gasteiger partial charge in [0.15, 0.2) is 0 Å². The summed E-state index contributed by atoms with van der Waals surface area (Å²) in [7, 11) is -3.33. The highest BCUT2D eigenvalue weighted by atomic mass is 32.2. The molecule has 0 unspecified atom stereocenters. The van der Waals surface area contributed by atoms with Gasteiger partial charge in [-0.2, -0.15) is 0 Å². The van der Waals surface area contributed by atoms with Gasteiger partial charge in [0.25, 0.3) is 0 Å². The Hall–Kier alpha value is -0.130. The molecule has 0 atom stereocenters.